The summed E-state index contributed by atoms with van der Waals surface area (Å²) in [5.41, 5.74) is 7.57. The Kier molecular flexibility index (Phi) is 4.41. The molecular weight excluding hydrogens is 303 g/mol. The van der Waals surface area contributed by atoms with Crippen molar-refractivity contribution in [2.24, 2.45) is 5.73 Å². The van der Waals surface area contributed by atoms with Gasteiger partial charge >= 0.3 is 0 Å². The second kappa shape index (κ2) is 6.36. The van der Waals surface area contributed by atoms with E-state index in [1.54, 1.807) is 12.1 Å². The molecule has 0 spiro atoms. The highest BCUT2D eigenvalue weighted by atomic mass is 19.1. The van der Waals surface area contributed by atoms with E-state index in [0.29, 0.717) is 13.1 Å². The van der Waals surface area contributed by atoms with E-state index < -0.39 is 5.41 Å². The van der Waals surface area contributed by atoms with E-state index in [1.807, 2.05) is 36.9 Å². The SMILES string of the molecule is CC(C)(C(=O)N1C[C@@H](N)[C@H](c2ccccc2)C1)c1ccc(F)cc1. The number of hydrogen-bond acceptors (Lipinski definition) is 2. The number of carbonyl (C=O) groups excluding carboxylic acids is 1. The number of amides is 1. The maximum Gasteiger partial charge on any atom is 0.232 e. The van der Waals surface area contributed by atoms with Crippen LogP contribution >= 0.6 is 0 Å². The predicted molar refractivity (Wildman–Crippen MR) is 93.2 cm³/mol. The van der Waals surface area contributed by atoms with Gasteiger partial charge in [-0.05, 0) is 37.1 Å². The maximum absolute atomic E-state index is 13.2. The molecular formula is C20H23FN2O. The van der Waals surface area contributed by atoms with Crippen LogP contribution in [0, 0.1) is 5.82 Å². The van der Waals surface area contributed by atoms with Crippen LogP contribution in [0.15, 0.2) is 54.6 Å². The van der Waals surface area contributed by atoms with Gasteiger partial charge in [0.1, 0.15) is 5.82 Å². The zero-order valence-electron chi connectivity index (χ0n) is 14.1. The molecule has 0 saturated carbocycles. The Morgan fingerprint density at radius 3 is 2.33 bits per heavy atom. The van der Waals surface area contributed by atoms with Gasteiger partial charge in [0.25, 0.3) is 0 Å². The quantitative estimate of drug-likeness (QED) is 0.942. The number of halogens is 1. The molecule has 3 nitrogen and oxygen atoms in total. The smallest absolute Gasteiger partial charge is 0.232 e. The first-order chi connectivity index (χ1) is 11.4. The van der Waals surface area contributed by atoms with Gasteiger partial charge in [0.05, 0.1) is 5.41 Å². The summed E-state index contributed by atoms with van der Waals surface area (Å²) in [4.78, 5) is 14.9. The summed E-state index contributed by atoms with van der Waals surface area (Å²) in [5, 5.41) is 0. The molecule has 1 amide bonds. The zero-order chi connectivity index (χ0) is 17.3. The standard InChI is InChI=1S/C20H23FN2O/c1-20(2,15-8-10-16(21)11-9-15)19(24)23-12-17(18(22)13-23)14-6-4-3-5-7-14/h3-11,17-18H,12-13,22H2,1-2H3/t17-,18+/m0/s1. The third-order valence-electron chi connectivity index (χ3n) is 4.98. The number of hydrogen-bond donors (Lipinski definition) is 1. The number of likely N-dealkylation sites (tertiary alicyclic amines) is 1. The highest BCUT2D eigenvalue weighted by Crippen LogP contribution is 2.32. The molecule has 1 saturated heterocycles. The van der Waals surface area contributed by atoms with Crippen LogP contribution < -0.4 is 5.73 Å². The molecule has 0 unspecified atom stereocenters. The summed E-state index contributed by atoms with van der Waals surface area (Å²) < 4.78 is 13.2. The molecule has 1 fully saturated rings. The van der Waals surface area contributed by atoms with Crippen LogP contribution in [0.3, 0.4) is 0 Å². The number of nitrogens with zero attached hydrogens (tertiary/aromatic N) is 1. The van der Waals surface area contributed by atoms with E-state index in [9.17, 15) is 9.18 Å². The lowest BCUT2D eigenvalue weighted by molar-refractivity contribution is -0.135. The van der Waals surface area contributed by atoms with Gasteiger partial charge in [-0.3, -0.25) is 4.79 Å². The molecule has 0 aliphatic carbocycles. The van der Waals surface area contributed by atoms with Gasteiger partial charge in [-0.15, -0.1) is 0 Å². The Morgan fingerprint density at radius 2 is 1.71 bits per heavy atom. The third-order valence-corrected chi connectivity index (χ3v) is 4.98. The monoisotopic (exact) mass is 326 g/mol. The second-order valence-corrected chi connectivity index (χ2v) is 7.02. The molecule has 24 heavy (non-hydrogen) atoms. The Balaban J connectivity index is 1.79. The van der Waals surface area contributed by atoms with Crippen molar-refractivity contribution in [1.29, 1.82) is 0 Å². The average molecular weight is 326 g/mol. The molecule has 1 heterocycles. The van der Waals surface area contributed by atoms with Crippen molar-refractivity contribution >= 4 is 5.91 Å². The van der Waals surface area contributed by atoms with Crippen LogP contribution in [0.25, 0.3) is 0 Å². The Labute approximate surface area is 142 Å². The van der Waals surface area contributed by atoms with E-state index in [0.717, 1.165) is 5.56 Å². The van der Waals surface area contributed by atoms with E-state index >= 15 is 0 Å². The van der Waals surface area contributed by atoms with Crippen molar-refractivity contribution in [2.45, 2.75) is 31.2 Å². The molecule has 3 rings (SSSR count). The van der Waals surface area contributed by atoms with E-state index in [2.05, 4.69) is 12.1 Å². The van der Waals surface area contributed by atoms with Crippen molar-refractivity contribution in [3.63, 3.8) is 0 Å². The van der Waals surface area contributed by atoms with Gasteiger partial charge in [0.2, 0.25) is 5.91 Å². The first kappa shape index (κ1) is 16.7. The summed E-state index contributed by atoms with van der Waals surface area (Å²) in [5.74, 6) is -0.114. The van der Waals surface area contributed by atoms with Crippen molar-refractivity contribution in [2.75, 3.05) is 13.1 Å². The fourth-order valence-corrected chi connectivity index (χ4v) is 3.43. The van der Waals surface area contributed by atoms with Gasteiger partial charge in [-0.1, -0.05) is 42.5 Å². The molecule has 2 N–H and O–H groups in total. The van der Waals surface area contributed by atoms with Gasteiger partial charge in [0, 0.05) is 25.0 Å². The number of carbonyl (C=O) groups is 1. The largest absolute Gasteiger partial charge is 0.340 e. The Hall–Kier alpha value is -2.20. The normalized spacial score (nSPS) is 21.1. The molecule has 2 aromatic rings. The van der Waals surface area contributed by atoms with Crippen LogP contribution in [-0.4, -0.2) is 29.9 Å². The van der Waals surface area contributed by atoms with Gasteiger partial charge in [0.15, 0.2) is 0 Å². The lowest BCUT2D eigenvalue weighted by Gasteiger charge is -2.30. The highest BCUT2D eigenvalue weighted by molar-refractivity contribution is 5.87. The molecule has 0 aromatic heterocycles. The summed E-state index contributed by atoms with van der Waals surface area (Å²) in [7, 11) is 0. The fraction of sp³-hybridized carbons (Fsp3) is 0.350. The summed E-state index contributed by atoms with van der Waals surface area (Å²) in [6, 6.07) is 16.2. The first-order valence-electron chi connectivity index (χ1n) is 8.25. The summed E-state index contributed by atoms with van der Waals surface area (Å²) >= 11 is 0. The van der Waals surface area contributed by atoms with Crippen molar-refractivity contribution < 1.29 is 9.18 Å². The molecule has 126 valence electrons. The molecule has 2 aromatic carbocycles. The van der Waals surface area contributed by atoms with Crippen LogP contribution in [0.1, 0.15) is 30.9 Å². The molecule has 4 heteroatoms. The Morgan fingerprint density at radius 1 is 1.08 bits per heavy atom. The minimum Gasteiger partial charge on any atom is -0.340 e. The van der Waals surface area contributed by atoms with Crippen molar-refractivity contribution in [3.05, 3.63) is 71.5 Å². The van der Waals surface area contributed by atoms with Crippen LogP contribution in [0.2, 0.25) is 0 Å². The maximum atomic E-state index is 13.2. The first-order valence-corrected chi connectivity index (χ1v) is 8.25. The van der Waals surface area contributed by atoms with Crippen molar-refractivity contribution in [3.8, 4) is 0 Å². The predicted octanol–water partition coefficient (Wildman–Crippen LogP) is 3.06. The number of benzene rings is 2. The molecule has 1 aliphatic rings. The fourth-order valence-electron chi connectivity index (χ4n) is 3.43. The Bertz CT molecular complexity index is 712. The molecule has 0 bridgehead atoms. The van der Waals surface area contributed by atoms with Crippen LogP contribution in [0.5, 0.6) is 0 Å². The topological polar surface area (TPSA) is 46.3 Å². The van der Waals surface area contributed by atoms with E-state index in [4.69, 9.17) is 5.73 Å². The minimum atomic E-state index is -0.709. The highest BCUT2D eigenvalue weighted by Gasteiger charge is 2.40. The lowest BCUT2D eigenvalue weighted by Crippen LogP contribution is -2.43. The number of nitrogens with two attached hydrogens (primary N) is 1. The van der Waals surface area contributed by atoms with Crippen LogP contribution in [-0.2, 0) is 10.2 Å². The minimum absolute atomic E-state index is 0.0305. The van der Waals surface area contributed by atoms with Gasteiger partial charge in [-0.25, -0.2) is 4.39 Å². The summed E-state index contributed by atoms with van der Waals surface area (Å²) in [6.07, 6.45) is 0. The third kappa shape index (κ3) is 3.06. The summed E-state index contributed by atoms with van der Waals surface area (Å²) in [6.45, 7) is 4.92. The van der Waals surface area contributed by atoms with Gasteiger partial charge < -0.3 is 10.6 Å². The van der Waals surface area contributed by atoms with E-state index in [-0.39, 0.29) is 23.7 Å². The van der Waals surface area contributed by atoms with E-state index in [1.165, 1.54) is 17.7 Å². The number of rotatable bonds is 3. The molecule has 2 atom stereocenters. The van der Waals surface area contributed by atoms with Gasteiger partial charge in [-0.2, -0.15) is 0 Å². The second-order valence-electron chi connectivity index (χ2n) is 7.02. The molecule has 1 aliphatic heterocycles. The molecule has 0 radical (unpaired) electrons. The zero-order valence-corrected chi connectivity index (χ0v) is 14.1. The van der Waals surface area contributed by atoms with Crippen molar-refractivity contribution in [1.82, 2.24) is 4.90 Å². The van der Waals surface area contributed by atoms with Crippen LogP contribution in [0.4, 0.5) is 4.39 Å². The lowest BCUT2D eigenvalue weighted by atomic mass is 9.83. The average Bonchev–Trinajstić information content (AvgIpc) is 2.97.